The van der Waals surface area contributed by atoms with E-state index in [4.69, 9.17) is 4.74 Å². The molecular weight excluding hydrogens is 214 g/mol. The first-order valence-electron chi connectivity index (χ1n) is 6.30. The maximum atomic E-state index is 5.21. The molecule has 0 spiro atoms. The minimum Gasteiger partial charge on any atom is -0.481 e. The molecule has 0 saturated heterocycles. The van der Waals surface area contributed by atoms with Gasteiger partial charge in [0.15, 0.2) is 0 Å². The monoisotopic (exact) mass is 237 g/mol. The van der Waals surface area contributed by atoms with Gasteiger partial charge in [0.2, 0.25) is 5.88 Å². The van der Waals surface area contributed by atoms with E-state index in [1.807, 2.05) is 6.92 Å². The number of nitrogens with one attached hydrogen (secondary N) is 1. The lowest BCUT2D eigenvalue weighted by molar-refractivity contribution is 0.391. The van der Waals surface area contributed by atoms with Gasteiger partial charge in [-0.1, -0.05) is 13.8 Å². The lowest BCUT2D eigenvalue weighted by Gasteiger charge is -2.17. The second kappa shape index (κ2) is 7.22. The molecule has 0 bridgehead atoms. The van der Waals surface area contributed by atoms with Crippen LogP contribution in [0.1, 0.15) is 37.9 Å². The minimum absolute atomic E-state index is 0.480. The van der Waals surface area contributed by atoms with E-state index in [-0.39, 0.29) is 0 Å². The predicted molar refractivity (Wildman–Crippen MR) is 69.4 cm³/mol. The average Bonchev–Trinajstić information content (AvgIpc) is 2.36. The lowest BCUT2D eigenvalue weighted by atomic mass is 10.1. The third kappa shape index (κ3) is 3.97. The molecule has 0 fully saturated rings. The maximum absolute atomic E-state index is 5.21. The Bertz CT molecular complexity index is 341. The quantitative estimate of drug-likeness (QED) is 0.789. The van der Waals surface area contributed by atoms with E-state index in [2.05, 4.69) is 29.1 Å². The first kappa shape index (κ1) is 13.9. The molecule has 4 heteroatoms. The van der Waals surface area contributed by atoms with Crippen LogP contribution in [0.25, 0.3) is 0 Å². The largest absolute Gasteiger partial charge is 0.481 e. The van der Waals surface area contributed by atoms with Crippen LogP contribution >= 0.6 is 0 Å². The van der Waals surface area contributed by atoms with Gasteiger partial charge in [0.05, 0.1) is 12.8 Å². The second-order valence-corrected chi connectivity index (χ2v) is 4.22. The van der Waals surface area contributed by atoms with Crippen molar-refractivity contribution < 1.29 is 4.74 Å². The zero-order chi connectivity index (χ0) is 12.7. The number of ether oxygens (including phenoxy) is 1. The molecule has 0 radical (unpaired) electrons. The van der Waals surface area contributed by atoms with Crippen molar-refractivity contribution >= 4 is 0 Å². The minimum atomic E-state index is 0.480. The topological polar surface area (TPSA) is 47.0 Å². The van der Waals surface area contributed by atoms with Gasteiger partial charge < -0.3 is 10.1 Å². The molecule has 1 N–H and O–H groups in total. The highest BCUT2D eigenvalue weighted by Crippen LogP contribution is 2.17. The third-order valence-corrected chi connectivity index (χ3v) is 2.95. The van der Waals surface area contributed by atoms with Crippen molar-refractivity contribution in [3.63, 3.8) is 0 Å². The molecule has 0 aromatic carbocycles. The molecule has 1 heterocycles. The molecule has 1 atom stereocenters. The van der Waals surface area contributed by atoms with Crippen LogP contribution in [0.5, 0.6) is 5.88 Å². The molecule has 96 valence electrons. The van der Waals surface area contributed by atoms with E-state index in [9.17, 15) is 0 Å². The Labute approximate surface area is 104 Å². The first-order valence-corrected chi connectivity index (χ1v) is 6.30. The second-order valence-electron chi connectivity index (χ2n) is 4.22. The molecule has 0 amide bonds. The Morgan fingerprint density at radius 2 is 2.12 bits per heavy atom. The number of methoxy groups -OCH3 is 1. The summed E-state index contributed by atoms with van der Waals surface area (Å²) in [6.07, 6.45) is 4.77. The summed E-state index contributed by atoms with van der Waals surface area (Å²) < 4.78 is 5.21. The van der Waals surface area contributed by atoms with Crippen LogP contribution in [0.3, 0.4) is 0 Å². The predicted octanol–water partition coefficient (Wildman–Crippen LogP) is 2.11. The molecule has 0 saturated carbocycles. The van der Waals surface area contributed by atoms with Crippen molar-refractivity contribution in [2.24, 2.45) is 0 Å². The van der Waals surface area contributed by atoms with E-state index < -0.39 is 0 Å². The summed E-state index contributed by atoms with van der Waals surface area (Å²) in [6, 6.07) is 0.480. The number of rotatable bonds is 7. The number of nitrogens with zero attached hydrogens (tertiary/aromatic N) is 2. The Hall–Kier alpha value is -1.16. The van der Waals surface area contributed by atoms with Crippen LogP contribution in [-0.2, 0) is 6.42 Å². The molecule has 1 aromatic rings. The SMILES string of the molecule is CCCNC(CC)Cc1ncnc(OC)c1C. The highest BCUT2D eigenvalue weighted by atomic mass is 16.5. The van der Waals surface area contributed by atoms with Gasteiger partial charge in [0.1, 0.15) is 6.33 Å². The maximum Gasteiger partial charge on any atom is 0.219 e. The van der Waals surface area contributed by atoms with Crippen LogP contribution in [0.4, 0.5) is 0 Å². The molecule has 0 aliphatic rings. The summed E-state index contributed by atoms with van der Waals surface area (Å²) in [5.41, 5.74) is 2.12. The summed E-state index contributed by atoms with van der Waals surface area (Å²) >= 11 is 0. The van der Waals surface area contributed by atoms with Gasteiger partial charge in [-0.05, 0) is 26.3 Å². The van der Waals surface area contributed by atoms with Gasteiger partial charge in [-0.3, -0.25) is 0 Å². The molecule has 1 unspecified atom stereocenters. The Balaban J connectivity index is 2.72. The van der Waals surface area contributed by atoms with Crippen LogP contribution in [0.2, 0.25) is 0 Å². The fourth-order valence-electron chi connectivity index (χ4n) is 1.82. The van der Waals surface area contributed by atoms with Crippen molar-refractivity contribution in [2.75, 3.05) is 13.7 Å². The van der Waals surface area contributed by atoms with Gasteiger partial charge in [0.25, 0.3) is 0 Å². The number of hydrogen-bond acceptors (Lipinski definition) is 4. The van der Waals surface area contributed by atoms with Gasteiger partial charge in [0, 0.05) is 18.0 Å². The molecule has 0 aliphatic carbocycles. The lowest BCUT2D eigenvalue weighted by Crippen LogP contribution is -2.31. The average molecular weight is 237 g/mol. The van der Waals surface area contributed by atoms with Crippen LogP contribution in [-0.4, -0.2) is 29.7 Å². The third-order valence-electron chi connectivity index (χ3n) is 2.95. The number of hydrogen-bond donors (Lipinski definition) is 1. The smallest absolute Gasteiger partial charge is 0.219 e. The number of aromatic nitrogens is 2. The summed E-state index contributed by atoms with van der Waals surface area (Å²) in [4.78, 5) is 8.45. The first-order chi connectivity index (χ1) is 8.22. The standard InChI is InChI=1S/C13H23N3O/c1-5-7-14-11(6-2)8-12-10(3)13(17-4)16-9-15-12/h9,11,14H,5-8H2,1-4H3. The van der Waals surface area contributed by atoms with Crippen molar-refractivity contribution in [3.8, 4) is 5.88 Å². The van der Waals surface area contributed by atoms with E-state index in [1.165, 1.54) is 0 Å². The van der Waals surface area contributed by atoms with Crippen molar-refractivity contribution in [2.45, 2.75) is 46.1 Å². The molecule has 0 aliphatic heterocycles. The van der Waals surface area contributed by atoms with E-state index in [0.29, 0.717) is 11.9 Å². The highest BCUT2D eigenvalue weighted by molar-refractivity contribution is 5.28. The van der Waals surface area contributed by atoms with Crippen molar-refractivity contribution in [1.82, 2.24) is 15.3 Å². The van der Waals surface area contributed by atoms with Gasteiger partial charge >= 0.3 is 0 Å². The Kier molecular flexibility index (Phi) is 5.91. The van der Waals surface area contributed by atoms with Gasteiger partial charge in [-0.15, -0.1) is 0 Å². The van der Waals surface area contributed by atoms with E-state index in [1.54, 1.807) is 13.4 Å². The van der Waals surface area contributed by atoms with Gasteiger partial charge in [-0.25, -0.2) is 9.97 Å². The molecule has 17 heavy (non-hydrogen) atoms. The molecule has 1 aromatic heterocycles. The van der Waals surface area contributed by atoms with Crippen molar-refractivity contribution in [1.29, 1.82) is 0 Å². The molecule has 1 rings (SSSR count). The zero-order valence-corrected chi connectivity index (χ0v) is 11.3. The fourth-order valence-corrected chi connectivity index (χ4v) is 1.82. The highest BCUT2D eigenvalue weighted by Gasteiger charge is 2.12. The normalized spacial score (nSPS) is 12.5. The van der Waals surface area contributed by atoms with E-state index >= 15 is 0 Å². The fraction of sp³-hybridized carbons (Fsp3) is 0.692. The summed E-state index contributed by atoms with van der Waals surface area (Å²) in [6.45, 7) is 7.44. The molecule has 4 nitrogen and oxygen atoms in total. The van der Waals surface area contributed by atoms with Crippen LogP contribution < -0.4 is 10.1 Å². The van der Waals surface area contributed by atoms with Crippen molar-refractivity contribution in [3.05, 3.63) is 17.6 Å². The summed E-state index contributed by atoms with van der Waals surface area (Å²) in [5.74, 6) is 0.681. The van der Waals surface area contributed by atoms with E-state index in [0.717, 1.165) is 37.1 Å². The summed E-state index contributed by atoms with van der Waals surface area (Å²) in [5, 5.41) is 3.53. The van der Waals surface area contributed by atoms with Crippen LogP contribution in [0.15, 0.2) is 6.33 Å². The zero-order valence-electron chi connectivity index (χ0n) is 11.3. The van der Waals surface area contributed by atoms with Gasteiger partial charge in [-0.2, -0.15) is 0 Å². The Morgan fingerprint density at radius 1 is 1.35 bits per heavy atom. The van der Waals surface area contributed by atoms with Crippen LogP contribution in [0, 0.1) is 6.92 Å². The summed E-state index contributed by atoms with van der Waals surface area (Å²) in [7, 11) is 1.64. The molecular formula is C13H23N3O. The Morgan fingerprint density at radius 3 is 2.71 bits per heavy atom.